The van der Waals surface area contributed by atoms with Crippen molar-refractivity contribution in [2.24, 2.45) is 0 Å². The highest BCUT2D eigenvalue weighted by Gasteiger charge is 2.08. The van der Waals surface area contributed by atoms with E-state index in [0.29, 0.717) is 15.2 Å². The summed E-state index contributed by atoms with van der Waals surface area (Å²) >= 11 is 17.7. The van der Waals surface area contributed by atoms with Crippen molar-refractivity contribution in [3.63, 3.8) is 0 Å². The van der Waals surface area contributed by atoms with Gasteiger partial charge in [-0.05, 0) is 31.2 Å². The Hall–Kier alpha value is -0.700. The molecular formula is C10H7Cl3N2. The van der Waals surface area contributed by atoms with Crippen molar-refractivity contribution < 1.29 is 0 Å². The summed E-state index contributed by atoms with van der Waals surface area (Å²) in [6, 6.07) is 7.01. The molecule has 0 spiro atoms. The Bertz CT molecular complexity index is 505. The van der Waals surface area contributed by atoms with Crippen molar-refractivity contribution in [3.05, 3.63) is 45.2 Å². The average Bonchev–Trinajstić information content (AvgIpc) is 2.45. The van der Waals surface area contributed by atoms with Gasteiger partial charge in [0.05, 0.1) is 10.7 Å². The third kappa shape index (κ3) is 2.12. The molecule has 0 fully saturated rings. The number of nitrogens with zero attached hydrogens (tertiary/aromatic N) is 2. The molecule has 2 nitrogen and oxygen atoms in total. The predicted molar refractivity (Wildman–Crippen MR) is 63.3 cm³/mol. The Morgan fingerprint density at radius 1 is 1.13 bits per heavy atom. The van der Waals surface area contributed by atoms with Crippen LogP contribution < -0.4 is 0 Å². The standard InChI is InChI=1S/C10H7Cl3N2/c1-6-4-10(13)14-15(6)9-3-2-7(11)5-8(9)12/h2-5H,1H3. The van der Waals surface area contributed by atoms with Crippen LogP contribution in [0.2, 0.25) is 15.2 Å². The summed E-state index contributed by atoms with van der Waals surface area (Å²) in [4.78, 5) is 0. The minimum atomic E-state index is 0.443. The number of aryl methyl sites for hydroxylation is 1. The second-order valence-corrected chi connectivity index (χ2v) is 4.35. The van der Waals surface area contributed by atoms with Crippen molar-refractivity contribution in [2.45, 2.75) is 6.92 Å². The highest BCUT2D eigenvalue weighted by molar-refractivity contribution is 6.35. The summed E-state index contributed by atoms with van der Waals surface area (Å²) in [5, 5.41) is 5.71. The molecule has 15 heavy (non-hydrogen) atoms. The van der Waals surface area contributed by atoms with Crippen LogP contribution in [0.15, 0.2) is 24.3 Å². The van der Waals surface area contributed by atoms with E-state index >= 15 is 0 Å². The molecule has 0 aliphatic rings. The fourth-order valence-corrected chi connectivity index (χ4v) is 2.06. The summed E-state index contributed by atoms with van der Waals surface area (Å²) in [6.07, 6.45) is 0. The quantitative estimate of drug-likeness (QED) is 0.754. The molecule has 0 amide bonds. The van der Waals surface area contributed by atoms with Crippen molar-refractivity contribution in [1.29, 1.82) is 0 Å². The molecular weight excluding hydrogens is 254 g/mol. The Labute approximate surface area is 102 Å². The molecule has 1 aromatic heterocycles. The van der Waals surface area contributed by atoms with Gasteiger partial charge in [-0.15, -0.1) is 0 Å². The molecule has 1 aromatic carbocycles. The molecule has 0 unspecified atom stereocenters. The number of aromatic nitrogens is 2. The lowest BCUT2D eigenvalue weighted by molar-refractivity contribution is 0.848. The molecule has 78 valence electrons. The summed E-state index contributed by atoms with van der Waals surface area (Å²) < 4.78 is 1.68. The fourth-order valence-electron chi connectivity index (χ4n) is 1.33. The Morgan fingerprint density at radius 2 is 1.87 bits per heavy atom. The van der Waals surface area contributed by atoms with Gasteiger partial charge in [0.15, 0.2) is 5.15 Å². The molecule has 0 aliphatic carbocycles. The number of hydrogen-bond donors (Lipinski definition) is 0. The molecule has 0 aliphatic heterocycles. The predicted octanol–water partition coefficient (Wildman–Crippen LogP) is 4.14. The second-order valence-electron chi connectivity index (χ2n) is 3.12. The number of hydrogen-bond acceptors (Lipinski definition) is 1. The highest BCUT2D eigenvalue weighted by atomic mass is 35.5. The lowest BCUT2D eigenvalue weighted by atomic mass is 10.3. The van der Waals surface area contributed by atoms with Crippen LogP contribution in [0, 0.1) is 6.92 Å². The van der Waals surface area contributed by atoms with Gasteiger partial charge in [-0.2, -0.15) is 5.10 Å². The van der Waals surface area contributed by atoms with Gasteiger partial charge in [-0.25, -0.2) is 4.68 Å². The number of benzene rings is 1. The first-order valence-corrected chi connectivity index (χ1v) is 5.39. The van der Waals surface area contributed by atoms with Crippen LogP contribution in [-0.2, 0) is 0 Å². The summed E-state index contributed by atoms with van der Waals surface area (Å²) in [5.41, 5.74) is 1.69. The minimum absolute atomic E-state index is 0.443. The minimum Gasteiger partial charge on any atom is -0.235 e. The average molecular weight is 262 g/mol. The van der Waals surface area contributed by atoms with E-state index in [0.717, 1.165) is 11.4 Å². The first-order valence-electron chi connectivity index (χ1n) is 4.25. The van der Waals surface area contributed by atoms with Crippen molar-refractivity contribution in [1.82, 2.24) is 9.78 Å². The molecule has 1 heterocycles. The van der Waals surface area contributed by atoms with Crippen molar-refractivity contribution in [2.75, 3.05) is 0 Å². The smallest absolute Gasteiger partial charge is 0.151 e. The van der Waals surface area contributed by atoms with E-state index < -0.39 is 0 Å². The molecule has 2 aromatic rings. The van der Waals surface area contributed by atoms with E-state index in [4.69, 9.17) is 34.8 Å². The SMILES string of the molecule is Cc1cc(Cl)nn1-c1ccc(Cl)cc1Cl. The van der Waals surface area contributed by atoms with E-state index in [-0.39, 0.29) is 0 Å². The zero-order valence-electron chi connectivity index (χ0n) is 7.84. The first-order chi connectivity index (χ1) is 7.08. The summed E-state index contributed by atoms with van der Waals surface area (Å²) in [5.74, 6) is 0. The van der Waals surface area contributed by atoms with Gasteiger partial charge in [0.2, 0.25) is 0 Å². The lowest BCUT2D eigenvalue weighted by Gasteiger charge is -2.06. The zero-order chi connectivity index (χ0) is 11.0. The first kappa shape index (κ1) is 10.8. The maximum absolute atomic E-state index is 6.06. The van der Waals surface area contributed by atoms with E-state index in [9.17, 15) is 0 Å². The monoisotopic (exact) mass is 260 g/mol. The largest absolute Gasteiger partial charge is 0.235 e. The van der Waals surface area contributed by atoms with Crippen LogP contribution in [0.1, 0.15) is 5.69 Å². The third-order valence-corrected chi connectivity index (χ3v) is 2.72. The van der Waals surface area contributed by atoms with Crippen LogP contribution in [-0.4, -0.2) is 9.78 Å². The summed E-state index contributed by atoms with van der Waals surface area (Å²) in [6.45, 7) is 1.91. The molecule has 0 N–H and O–H groups in total. The maximum atomic E-state index is 6.06. The third-order valence-electron chi connectivity index (χ3n) is 2.00. The Morgan fingerprint density at radius 3 is 2.40 bits per heavy atom. The van der Waals surface area contributed by atoms with E-state index in [1.807, 2.05) is 6.92 Å². The fraction of sp³-hybridized carbons (Fsp3) is 0.100. The van der Waals surface area contributed by atoms with Crippen LogP contribution in [0.25, 0.3) is 5.69 Å². The number of rotatable bonds is 1. The van der Waals surface area contributed by atoms with E-state index in [1.165, 1.54) is 0 Å². The zero-order valence-corrected chi connectivity index (χ0v) is 10.1. The van der Waals surface area contributed by atoms with Gasteiger partial charge in [-0.3, -0.25) is 0 Å². The van der Waals surface area contributed by atoms with Gasteiger partial charge in [-0.1, -0.05) is 34.8 Å². The molecule has 0 bridgehead atoms. The molecule has 2 rings (SSSR count). The van der Waals surface area contributed by atoms with Crippen LogP contribution >= 0.6 is 34.8 Å². The molecule has 0 saturated heterocycles. The topological polar surface area (TPSA) is 17.8 Å². The maximum Gasteiger partial charge on any atom is 0.151 e. The molecule has 0 radical (unpaired) electrons. The van der Waals surface area contributed by atoms with E-state index in [1.54, 1.807) is 28.9 Å². The molecule has 0 saturated carbocycles. The Balaban J connectivity index is 2.59. The normalized spacial score (nSPS) is 10.7. The van der Waals surface area contributed by atoms with Gasteiger partial charge >= 0.3 is 0 Å². The van der Waals surface area contributed by atoms with Gasteiger partial charge in [0, 0.05) is 10.7 Å². The number of halogens is 3. The van der Waals surface area contributed by atoms with Crippen LogP contribution in [0.4, 0.5) is 0 Å². The summed E-state index contributed by atoms with van der Waals surface area (Å²) in [7, 11) is 0. The van der Waals surface area contributed by atoms with Gasteiger partial charge in [0.25, 0.3) is 0 Å². The van der Waals surface area contributed by atoms with Crippen molar-refractivity contribution >= 4 is 34.8 Å². The second kappa shape index (κ2) is 4.05. The lowest BCUT2D eigenvalue weighted by Crippen LogP contribution is -1.99. The van der Waals surface area contributed by atoms with Crippen LogP contribution in [0.5, 0.6) is 0 Å². The highest BCUT2D eigenvalue weighted by Crippen LogP contribution is 2.25. The van der Waals surface area contributed by atoms with Gasteiger partial charge < -0.3 is 0 Å². The van der Waals surface area contributed by atoms with E-state index in [2.05, 4.69) is 5.10 Å². The molecule has 0 atom stereocenters. The van der Waals surface area contributed by atoms with Crippen molar-refractivity contribution in [3.8, 4) is 5.69 Å². The van der Waals surface area contributed by atoms with Crippen LogP contribution in [0.3, 0.4) is 0 Å². The van der Waals surface area contributed by atoms with Gasteiger partial charge in [0.1, 0.15) is 0 Å². The Kier molecular flexibility index (Phi) is 2.91. The molecule has 5 heteroatoms.